The lowest BCUT2D eigenvalue weighted by Crippen LogP contribution is -2.25. The Balaban J connectivity index is 2.93. The lowest BCUT2D eigenvalue weighted by atomic mass is 10.2. The molecule has 0 bridgehead atoms. The molecule has 0 aliphatic rings. The molecule has 108 valence electrons. The summed E-state index contributed by atoms with van der Waals surface area (Å²) in [7, 11) is 1.23. The Hall–Kier alpha value is -1.67. The maximum absolute atomic E-state index is 12.4. The minimum atomic E-state index is -4.67. The summed E-state index contributed by atoms with van der Waals surface area (Å²) in [5.74, 6) is 0. The second kappa shape index (κ2) is 5.14. The molecule has 0 spiro atoms. The van der Waals surface area contributed by atoms with Crippen LogP contribution in [0.3, 0.4) is 0 Å². The summed E-state index contributed by atoms with van der Waals surface area (Å²) in [5, 5.41) is 0. The number of pyridine rings is 1. The van der Waals surface area contributed by atoms with Crippen molar-refractivity contribution in [3.8, 4) is 0 Å². The SMILES string of the molecule is CN(CCC(F)(F)F)c1cc(C(F)(F)F)ncc1N. The van der Waals surface area contributed by atoms with Gasteiger partial charge in [0.15, 0.2) is 0 Å². The highest BCUT2D eigenvalue weighted by molar-refractivity contribution is 5.66. The Morgan fingerprint density at radius 3 is 2.26 bits per heavy atom. The molecular weight excluding hydrogens is 276 g/mol. The van der Waals surface area contributed by atoms with Gasteiger partial charge in [-0.2, -0.15) is 26.3 Å². The number of rotatable bonds is 3. The van der Waals surface area contributed by atoms with Crippen LogP contribution in [-0.4, -0.2) is 24.8 Å². The highest BCUT2D eigenvalue weighted by Gasteiger charge is 2.33. The van der Waals surface area contributed by atoms with Gasteiger partial charge in [0.25, 0.3) is 0 Å². The number of nitrogens with two attached hydrogens (primary N) is 1. The summed E-state index contributed by atoms with van der Waals surface area (Å²) < 4.78 is 73.5. The number of anilines is 2. The van der Waals surface area contributed by atoms with Crippen LogP contribution >= 0.6 is 0 Å². The fourth-order valence-electron chi connectivity index (χ4n) is 1.36. The standard InChI is InChI=1S/C10H11F6N3/c1-19(3-2-9(11,12)13)7-4-8(10(14,15)16)18-5-6(7)17/h4-5H,2-3,17H2,1H3. The van der Waals surface area contributed by atoms with Crippen LogP contribution in [0.1, 0.15) is 12.1 Å². The monoisotopic (exact) mass is 287 g/mol. The van der Waals surface area contributed by atoms with Crippen molar-refractivity contribution in [3.63, 3.8) is 0 Å². The molecule has 9 heteroatoms. The van der Waals surface area contributed by atoms with Crippen molar-refractivity contribution >= 4 is 11.4 Å². The van der Waals surface area contributed by atoms with Gasteiger partial charge in [-0.15, -0.1) is 0 Å². The number of aromatic nitrogens is 1. The molecule has 0 aliphatic carbocycles. The maximum atomic E-state index is 12.4. The van der Waals surface area contributed by atoms with Crippen molar-refractivity contribution in [3.05, 3.63) is 18.0 Å². The molecule has 0 saturated carbocycles. The largest absolute Gasteiger partial charge is 0.433 e. The zero-order valence-electron chi connectivity index (χ0n) is 9.81. The number of nitrogen functional groups attached to an aromatic ring is 1. The van der Waals surface area contributed by atoms with Gasteiger partial charge in [-0.1, -0.05) is 0 Å². The topological polar surface area (TPSA) is 42.2 Å². The smallest absolute Gasteiger partial charge is 0.396 e. The molecule has 0 saturated heterocycles. The van der Waals surface area contributed by atoms with E-state index >= 15 is 0 Å². The van der Waals surface area contributed by atoms with Gasteiger partial charge in [-0.05, 0) is 6.07 Å². The van der Waals surface area contributed by atoms with E-state index in [1.54, 1.807) is 0 Å². The quantitative estimate of drug-likeness (QED) is 0.869. The number of nitrogens with zero attached hydrogens (tertiary/aromatic N) is 2. The Morgan fingerprint density at radius 2 is 1.79 bits per heavy atom. The molecule has 0 unspecified atom stereocenters. The highest BCUT2D eigenvalue weighted by atomic mass is 19.4. The van der Waals surface area contributed by atoms with Crippen LogP contribution in [0.25, 0.3) is 0 Å². The van der Waals surface area contributed by atoms with Crippen LogP contribution in [0.15, 0.2) is 12.3 Å². The Bertz CT molecular complexity index is 440. The Morgan fingerprint density at radius 1 is 1.21 bits per heavy atom. The van der Waals surface area contributed by atoms with E-state index in [0.29, 0.717) is 6.07 Å². The zero-order chi connectivity index (χ0) is 14.8. The van der Waals surface area contributed by atoms with Crippen molar-refractivity contribution < 1.29 is 26.3 Å². The molecule has 0 amide bonds. The van der Waals surface area contributed by atoms with Crippen molar-refractivity contribution in [2.75, 3.05) is 24.2 Å². The Kier molecular flexibility index (Phi) is 4.16. The first-order chi connectivity index (χ1) is 8.50. The lowest BCUT2D eigenvalue weighted by Gasteiger charge is -2.22. The molecule has 0 aromatic carbocycles. The van der Waals surface area contributed by atoms with Gasteiger partial charge >= 0.3 is 12.4 Å². The zero-order valence-corrected chi connectivity index (χ0v) is 9.81. The summed E-state index contributed by atoms with van der Waals surface area (Å²) >= 11 is 0. The third-order valence-electron chi connectivity index (χ3n) is 2.34. The van der Waals surface area contributed by atoms with Gasteiger partial charge in [-0.3, -0.25) is 0 Å². The van der Waals surface area contributed by atoms with Gasteiger partial charge in [-0.25, -0.2) is 4.98 Å². The van der Waals surface area contributed by atoms with Crippen LogP contribution < -0.4 is 10.6 Å². The fourth-order valence-corrected chi connectivity index (χ4v) is 1.36. The van der Waals surface area contributed by atoms with Crippen LogP contribution in [0.4, 0.5) is 37.7 Å². The first-order valence-corrected chi connectivity index (χ1v) is 5.11. The normalized spacial score (nSPS) is 12.6. The summed E-state index contributed by atoms with van der Waals surface area (Å²) in [6, 6.07) is 0.631. The number of hydrogen-bond donors (Lipinski definition) is 1. The second-order valence-electron chi connectivity index (χ2n) is 3.91. The average Bonchev–Trinajstić information content (AvgIpc) is 2.24. The van der Waals surface area contributed by atoms with E-state index in [2.05, 4.69) is 4.98 Å². The van der Waals surface area contributed by atoms with Crippen LogP contribution in [0, 0.1) is 0 Å². The summed E-state index contributed by atoms with van der Waals surface area (Å²) in [4.78, 5) is 4.12. The van der Waals surface area contributed by atoms with E-state index in [0.717, 1.165) is 11.1 Å². The third-order valence-corrected chi connectivity index (χ3v) is 2.34. The molecular formula is C10H11F6N3. The first kappa shape index (κ1) is 15.4. The average molecular weight is 287 g/mol. The van der Waals surface area contributed by atoms with Gasteiger partial charge in [0.2, 0.25) is 0 Å². The molecule has 0 aliphatic heterocycles. The highest BCUT2D eigenvalue weighted by Crippen LogP contribution is 2.32. The summed E-state index contributed by atoms with van der Waals surface area (Å²) in [5.41, 5.74) is 3.98. The van der Waals surface area contributed by atoms with Crippen molar-refractivity contribution in [1.29, 1.82) is 0 Å². The van der Waals surface area contributed by atoms with Gasteiger partial charge in [0.1, 0.15) is 5.69 Å². The minimum Gasteiger partial charge on any atom is -0.396 e. The van der Waals surface area contributed by atoms with E-state index in [-0.39, 0.29) is 11.4 Å². The molecule has 0 radical (unpaired) electrons. The third kappa shape index (κ3) is 4.49. The molecule has 1 aromatic rings. The van der Waals surface area contributed by atoms with E-state index in [4.69, 9.17) is 5.73 Å². The molecule has 1 heterocycles. The van der Waals surface area contributed by atoms with Crippen LogP contribution in [0.2, 0.25) is 0 Å². The van der Waals surface area contributed by atoms with Crippen molar-refractivity contribution in [1.82, 2.24) is 4.98 Å². The van der Waals surface area contributed by atoms with Gasteiger partial charge in [0, 0.05) is 13.6 Å². The van der Waals surface area contributed by atoms with Gasteiger partial charge in [0.05, 0.1) is 24.0 Å². The predicted octanol–water partition coefficient (Wildman–Crippen LogP) is 3.07. The van der Waals surface area contributed by atoms with Crippen molar-refractivity contribution in [2.24, 2.45) is 0 Å². The predicted molar refractivity (Wildman–Crippen MR) is 57.6 cm³/mol. The van der Waals surface area contributed by atoms with E-state index in [1.165, 1.54) is 7.05 Å². The van der Waals surface area contributed by atoms with Gasteiger partial charge < -0.3 is 10.6 Å². The minimum absolute atomic E-state index is 0.113. The molecule has 3 nitrogen and oxygen atoms in total. The molecule has 0 fully saturated rings. The van der Waals surface area contributed by atoms with E-state index in [9.17, 15) is 26.3 Å². The van der Waals surface area contributed by atoms with Crippen molar-refractivity contribution in [2.45, 2.75) is 18.8 Å². The summed E-state index contributed by atoms with van der Waals surface area (Å²) in [6.07, 6.45) is -9.43. The molecule has 2 N–H and O–H groups in total. The van der Waals surface area contributed by atoms with Crippen LogP contribution in [-0.2, 0) is 6.18 Å². The molecule has 1 aromatic heterocycles. The van der Waals surface area contributed by atoms with E-state index in [1.807, 2.05) is 0 Å². The Labute approximate surface area is 105 Å². The molecule has 0 atom stereocenters. The molecule has 19 heavy (non-hydrogen) atoms. The molecule has 1 rings (SSSR count). The second-order valence-corrected chi connectivity index (χ2v) is 3.91. The fraction of sp³-hybridized carbons (Fsp3) is 0.500. The number of hydrogen-bond acceptors (Lipinski definition) is 3. The first-order valence-electron chi connectivity index (χ1n) is 5.11. The lowest BCUT2D eigenvalue weighted by molar-refractivity contribution is -0.141. The van der Waals surface area contributed by atoms with Crippen LogP contribution in [0.5, 0.6) is 0 Å². The summed E-state index contributed by atoms with van der Waals surface area (Å²) in [6.45, 7) is -0.491. The van der Waals surface area contributed by atoms with E-state index < -0.39 is 31.0 Å². The number of alkyl halides is 6. The maximum Gasteiger partial charge on any atom is 0.433 e. The number of halogens is 6.